The maximum absolute atomic E-state index is 6.07. The molecular weight excluding hydrogens is 302 g/mol. The summed E-state index contributed by atoms with van der Waals surface area (Å²) in [6.07, 6.45) is 0. The lowest BCUT2D eigenvalue weighted by molar-refractivity contribution is -0.548. The lowest BCUT2D eigenvalue weighted by Gasteiger charge is -2.12. The van der Waals surface area contributed by atoms with Crippen LogP contribution in [-0.4, -0.2) is 21.3 Å². The SMILES string of the molecule is NC1=[N+](Cc2ccccc2)N=C(c2ccc(Cl)cc2)CS1. The van der Waals surface area contributed by atoms with Crippen LogP contribution in [0, 0.1) is 0 Å². The summed E-state index contributed by atoms with van der Waals surface area (Å²) in [4.78, 5) is 0. The molecule has 3 rings (SSSR count). The summed E-state index contributed by atoms with van der Waals surface area (Å²) >= 11 is 7.54. The molecular formula is C16H15ClN3S+. The van der Waals surface area contributed by atoms with E-state index in [-0.39, 0.29) is 0 Å². The molecule has 2 aromatic rings. The van der Waals surface area contributed by atoms with Gasteiger partial charge in [-0.15, -0.1) is 4.68 Å². The first-order valence-corrected chi connectivity index (χ1v) is 7.99. The third-order valence-electron chi connectivity index (χ3n) is 3.21. The van der Waals surface area contributed by atoms with Crippen molar-refractivity contribution in [1.82, 2.24) is 0 Å². The Morgan fingerprint density at radius 3 is 2.52 bits per heavy atom. The number of nitrogens with two attached hydrogens (primary N) is 1. The average molecular weight is 317 g/mol. The van der Waals surface area contributed by atoms with Crippen LogP contribution in [0.1, 0.15) is 11.1 Å². The predicted octanol–water partition coefficient (Wildman–Crippen LogP) is 3.32. The van der Waals surface area contributed by atoms with E-state index in [1.807, 2.05) is 47.1 Å². The number of thioether (sulfide) groups is 1. The molecule has 1 aliphatic rings. The van der Waals surface area contributed by atoms with Gasteiger partial charge in [0, 0.05) is 10.6 Å². The Morgan fingerprint density at radius 2 is 1.81 bits per heavy atom. The van der Waals surface area contributed by atoms with Gasteiger partial charge in [-0.3, -0.25) is 5.73 Å². The molecule has 0 saturated carbocycles. The molecule has 0 aromatic heterocycles. The molecule has 0 amide bonds. The Labute approximate surface area is 133 Å². The molecule has 0 aliphatic carbocycles. The summed E-state index contributed by atoms with van der Waals surface area (Å²) in [5.41, 5.74) is 9.35. The van der Waals surface area contributed by atoms with E-state index in [0.29, 0.717) is 6.54 Å². The van der Waals surface area contributed by atoms with E-state index in [2.05, 4.69) is 17.2 Å². The van der Waals surface area contributed by atoms with Gasteiger partial charge in [-0.05, 0) is 29.5 Å². The van der Waals surface area contributed by atoms with Gasteiger partial charge in [0.2, 0.25) is 0 Å². The number of hydrogen-bond donors (Lipinski definition) is 1. The Kier molecular flexibility index (Phi) is 4.27. The van der Waals surface area contributed by atoms with Crippen molar-refractivity contribution in [2.75, 3.05) is 5.75 Å². The lowest BCUT2D eigenvalue weighted by Crippen LogP contribution is -2.29. The quantitative estimate of drug-likeness (QED) is 0.883. The van der Waals surface area contributed by atoms with Crippen molar-refractivity contribution in [3.05, 3.63) is 70.7 Å². The van der Waals surface area contributed by atoms with Crippen LogP contribution in [0.2, 0.25) is 5.02 Å². The molecule has 1 aliphatic heterocycles. The monoisotopic (exact) mass is 316 g/mol. The van der Waals surface area contributed by atoms with Crippen molar-refractivity contribution in [3.8, 4) is 0 Å². The maximum Gasteiger partial charge on any atom is 0.330 e. The van der Waals surface area contributed by atoms with E-state index < -0.39 is 0 Å². The summed E-state index contributed by atoms with van der Waals surface area (Å²) in [6, 6.07) is 17.9. The van der Waals surface area contributed by atoms with Crippen LogP contribution in [0.5, 0.6) is 0 Å². The van der Waals surface area contributed by atoms with Crippen molar-refractivity contribution >= 4 is 34.2 Å². The Bertz CT molecular complexity index is 693. The minimum Gasteiger partial charge on any atom is -0.279 e. The topological polar surface area (TPSA) is 41.4 Å². The van der Waals surface area contributed by atoms with Crippen LogP contribution in [0.25, 0.3) is 0 Å². The molecule has 2 N–H and O–H groups in total. The second-order valence-corrected chi connectivity index (χ2v) is 6.16. The van der Waals surface area contributed by atoms with Gasteiger partial charge in [0.15, 0.2) is 0 Å². The van der Waals surface area contributed by atoms with E-state index in [0.717, 1.165) is 27.2 Å². The second-order valence-electron chi connectivity index (χ2n) is 4.72. The highest BCUT2D eigenvalue weighted by atomic mass is 35.5. The molecule has 0 atom stereocenters. The average Bonchev–Trinajstić information content (AvgIpc) is 2.51. The second kappa shape index (κ2) is 6.33. The van der Waals surface area contributed by atoms with Gasteiger partial charge in [-0.1, -0.05) is 59.2 Å². The van der Waals surface area contributed by atoms with Crippen LogP contribution < -0.4 is 5.73 Å². The van der Waals surface area contributed by atoms with Crippen molar-refractivity contribution in [2.24, 2.45) is 10.8 Å². The number of benzene rings is 2. The molecule has 1 heterocycles. The number of hydrogen-bond acceptors (Lipinski definition) is 3. The van der Waals surface area contributed by atoms with Gasteiger partial charge in [0.25, 0.3) is 0 Å². The first kappa shape index (κ1) is 14.2. The Hall–Kier alpha value is -1.78. The minimum atomic E-state index is 0.677. The van der Waals surface area contributed by atoms with Crippen LogP contribution in [0.4, 0.5) is 0 Å². The van der Waals surface area contributed by atoms with Gasteiger partial charge >= 0.3 is 5.17 Å². The summed E-state index contributed by atoms with van der Waals surface area (Å²) in [7, 11) is 0. The Balaban J connectivity index is 1.87. The zero-order valence-corrected chi connectivity index (χ0v) is 12.9. The van der Waals surface area contributed by atoms with Crippen molar-refractivity contribution < 1.29 is 4.68 Å². The number of nitrogens with zero attached hydrogens (tertiary/aromatic N) is 2. The third-order valence-corrected chi connectivity index (χ3v) is 4.38. The zero-order valence-electron chi connectivity index (χ0n) is 11.4. The van der Waals surface area contributed by atoms with Crippen molar-refractivity contribution in [3.63, 3.8) is 0 Å². The number of rotatable bonds is 3. The largest absolute Gasteiger partial charge is 0.330 e. The third kappa shape index (κ3) is 3.46. The highest BCUT2D eigenvalue weighted by Crippen LogP contribution is 2.17. The maximum atomic E-state index is 6.07. The number of halogens is 1. The fourth-order valence-corrected chi connectivity index (χ4v) is 2.98. The minimum absolute atomic E-state index is 0.677. The summed E-state index contributed by atoms with van der Waals surface area (Å²) in [6.45, 7) is 0.677. The molecule has 2 aromatic carbocycles. The predicted molar refractivity (Wildman–Crippen MR) is 90.0 cm³/mol. The lowest BCUT2D eigenvalue weighted by atomic mass is 10.1. The van der Waals surface area contributed by atoms with Crippen molar-refractivity contribution in [2.45, 2.75) is 6.54 Å². The van der Waals surface area contributed by atoms with E-state index in [1.54, 1.807) is 11.8 Å². The molecule has 0 spiro atoms. The molecule has 0 unspecified atom stereocenters. The normalized spacial score (nSPS) is 15.0. The van der Waals surface area contributed by atoms with E-state index in [9.17, 15) is 0 Å². The Morgan fingerprint density at radius 1 is 1.10 bits per heavy atom. The van der Waals surface area contributed by atoms with Crippen LogP contribution in [-0.2, 0) is 6.54 Å². The summed E-state index contributed by atoms with van der Waals surface area (Å²) in [5, 5.41) is 6.15. The zero-order chi connectivity index (χ0) is 14.7. The molecule has 3 nitrogen and oxygen atoms in total. The van der Waals surface area contributed by atoms with Crippen LogP contribution in [0.3, 0.4) is 0 Å². The first-order chi connectivity index (χ1) is 10.2. The highest BCUT2D eigenvalue weighted by Gasteiger charge is 2.20. The fourth-order valence-electron chi connectivity index (χ4n) is 2.09. The van der Waals surface area contributed by atoms with E-state index in [4.69, 9.17) is 17.3 Å². The molecule has 21 heavy (non-hydrogen) atoms. The van der Waals surface area contributed by atoms with E-state index >= 15 is 0 Å². The van der Waals surface area contributed by atoms with Crippen molar-refractivity contribution in [1.29, 1.82) is 0 Å². The molecule has 5 heteroatoms. The molecule has 0 radical (unpaired) electrons. The highest BCUT2D eigenvalue weighted by molar-refractivity contribution is 8.14. The van der Waals surface area contributed by atoms with Crippen LogP contribution in [0.15, 0.2) is 59.7 Å². The molecule has 0 bridgehead atoms. The molecule has 106 valence electrons. The fraction of sp³-hybridized carbons (Fsp3) is 0.125. The summed E-state index contributed by atoms with van der Waals surface area (Å²) in [5.74, 6) is 0.777. The smallest absolute Gasteiger partial charge is 0.279 e. The van der Waals surface area contributed by atoms with Gasteiger partial charge in [-0.25, -0.2) is 0 Å². The molecule has 0 fully saturated rings. The van der Waals surface area contributed by atoms with Gasteiger partial charge in [0.1, 0.15) is 12.3 Å². The van der Waals surface area contributed by atoms with E-state index in [1.165, 1.54) is 5.56 Å². The summed E-state index contributed by atoms with van der Waals surface area (Å²) < 4.78 is 1.85. The van der Waals surface area contributed by atoms with Gasteiger partial charge in [-0.2, -0.15) is 0 Å². The first-order valence-electron chi connectivity index (χ1n) is 6.62. The van der Waals surface area contributed by atoms with Crippen LogP contribution >= 0.6 is 23.4 Å². The number of hydrazone groups is 1. The van der Waals surface area contributed by atoms with Gasteiger partial charge < -0.3 is 0 Å². The van der Waals surface area contributed by atoms with Gasteiger partial charge in [0.05, 0.1) is 5.75 Å². The standard InChI is InChI=1S/C16H14ClN3S/c17-14-8-6-13(7-9-14)15-11-21-16(18)20(19-15)10-12-4-2-1-3-5-12/h1-9,18H,10-11H2/p+1. The molecule has 0 saturated heterocycles. The number of amidine groups is 1.